The molecule has 0 saturated carbocycles. The molecule has 3 saturated heterocycles. The summed E-state index contributed by atoms with van der Waals surface area (Å²) in [4.78, 5) is 27.4. The van der Waals surface area contributed by atoms with E-state index in [1.807, 2.05) is 31.2 Å². The SMILES string of the molecule is C.C.C.C.C.CC1(C)OB(c2ccc(CN3CCCC3)cc2)OC1(C)C.CCOC(=O)CNCc1ccc(-c2ccc(CN3CCCC3)cc2)cc1.CCOC(=O)CNCc1ccc(I)cc1.Cl.Cl.[2H-].[K+]. The zero-order valence-corrected chi connectivity index (χ0v) is 46.6. The molecule has 0 aromatic heterocycles. The van der Waals surface area contributed by atoms with Crippen molar-refractivity contribution in [2.24, 2.45) is 0 Å². The summed E-state index contributed by atoms with van der Waals surface area (Å²) in [7, 11) is -0.254. The first-order chi connectivity index (χ1) is 29.8. The van der Waals surface area contributed by atoms with E-state index in [2.05, 4.69) is 144 Å². The van der Waals surface area contributed by atoms with Crippen LogP contribution < -0.4 is 67.5 Å². The van der Waals surface area contributed by atoms with E-state index in [0.717, 1.165) is 24.1 Å². The number of benzene rings is 4. The predicted octanol–water partition coefficient (Wildman–Crippen LogP) is 9.27. The van der Waals surface area contributed by atoms with Crippen LogP contribution in [0.3, 0.4) is 0 Å². The Hall–Kier alpha value is -1.41. The summed E-state index contributed by atoms with van der Waals surface area (Å²) in [6.07, 6.45) is 5.34. The predicted molar refractivity (Wildman–Crippen MR) is 308 cm³/mol. The molecule has 70 heavy (non-hydrogen) atoms. The minimum Gasteiger partial charge on any atom is -1.00 e. The van der Waals surface area contributed by atoms with Gasteiger partial charge in [0.2, 0.25) is 0 Å². The number of ether oxygens (including phenoxy) is 2. The zero-order chi connectivity index (χ0) is 44.4. The molecule has 0 bridgehead atoms. The van der Waals surface area contributed by atoms with Crippen LogP contribution in [0.4, 0.5) is 0 Å². The normalized spacial score (nSPS) is 14.9. The molecule has 4 aromatic carbocycles. The van der Waals surface area contributed by atoms with E-state index in [1.54, 1.807) is 6.92 Å². The fourth-order valence-corrected chi connectivity index (χ4v) is 7.78. The molecule has 0 aliphatic carbocycles. The van der Waals surface area contributed by atoms with Gasteiger partial charge in [-0.2, -0.15) is 0 Å². The summed E-state index contributed by atoms with van der Waals surface area (Å²) in [5.41, 5.74) is 8.10. The van der Waals surface area contributed by atoms with Gasteiger partial charge in [0, 0.05) is 29.7 Å². The van der Waals surface area contributed by atoms with Gasteiger partial charge < -0.3 is 30.8 Å². The van der Waals surface area contributed by atoms with Crippen molar-refractivity contribution >= 4 is 71.9 Å². The van der Waals surface area contributed by atoms with E-state index in [0.29, 0.717) is 26.3 Å². The molecule has 10 nitrogen and oxygen atoms in total. The third kappa shape index (κ3) is 25.7. The van der Waals surface area contributed by atoms with Gasteiger partial charge in [-0.15, -0.1) is 24.8 Å². The number of nitrogens with zero attached hydrogens (tertiary/aromatic N) is 2. The maximum atomic E-state index is 11.3. The van der Waals surface area contributed by atoms with Crippen LogP contribution in [0.2, 0.25) is 0 Å². The Balaban J connectivity index is -0.000000297. The van der Waals surface area contributed by atoms with Crippen LogP contribution in [0.25, 0.3) is 11.1 Å². The van der Waals surface area contributed by atoms with Crippen molar-refractivity contribution in [2.45, 2.75) is 142 Å². The summed E-state index contributed by atoms with van der Waals surface area (Å²) in [5, 5.41) is 6.14. The first-order valence-electron chi connectivity index (χ1n) is 22.4. The average Bonchev–Trinajstić information content (AvgIpc) is 4.02. The van der Waals surface area contributed by atoms with Crippen LogP contribution in [0, 0.1) is 3.57 Å². The maximum Gasteiger partial charge on any atom is 1.00 e. The average molecular weight is 1150 g/mol. The number of hydrogen-bond donors (Lipinski definition) is 2. The molecule has 0 spiro atoms. The minimum absolute atomic E-state index is 0. The number of esters is 2. The van der Waals surface area contributed by atoms with Crippen molar-refractivity contribution in [3.63, 3.8) is 0 Å². The molecule has 7 rings (SSSR count). The van der Waals surface area contributed by atoms with Crippen molar-refractivity contribution in [3.05, 3.63) is 123 Å². The summed E-state index contributed by atoms with van der Waals surface area (Å²) in [5.74, 6) is -0.416. The molecule has 3 aliphatic heterocycles. The van der Waals surface area contributed by atoms with Gasteiger partial charge in [0.1, 0.15) is 0 Å². The van der Waals surface area contributed by atoms with Crippen LogP contribution in [0.15, 0.2) is 97.1 Å². The van der Waals surface area contributed by atoms with Gasteiger partial charge in [0.25, 0.3) is 0 Å². The van der Waals surface area contributed by atoms with Crippen molar-refractivity contribution in [2.75, 3.05) is 52.5 Å². The van der Waals surface area contributed by atoms with Crippen molar-refractivity contribution in [1.29, 1.82) is 0 Å². The molecule has 3 fully saturated rings. The number of carbonyl (C=O) groups excluding carboxylic acids is 2. The number of carbonyl (C=O) groups is 2. The van der Waals surface area contributed by atoms with Crippen LogP contribution in [0.1, 0.15) is 128 Å². The number of rotatable bonds is 16. The summed E-state index contributed by atoms with van der Waals surface area (Å²) < 4.78 is 23.1. The largest absolute Gasteiger partial charge is 1.00 e. The monoisotopic (exact) mass is 1150 g/mol. The standard InChI is InChI=1S/C22H28N2O2.C17H26BNO2.C11H14INO2.5CH4.2ClH.K.H/c1-2-26-22(25)16-23-15-18-5-9-20(10-6-18)21-11-7-19(8-12-21)17-24-13-3-4-14-24;1-16(2)17(3,4)21-18(20-16)15-9-7-14(8-10-15)13-19-11-5-6-12-19;1-2-15-11(14)8-13-7-9-3-5-10(12)6-4-9;;;;;;;;;/h5-12,23H,2-4,13-17H2,1H3;7-10H,5-6,11-13H2,1-4H3;3-6,13H,2,7-8H2,1H3;5*1H4;2*1H;;/q;;;;;;;;;;+1;-1/i;;;;;;;;;;;1+1. The Labute approximate surface area is 496 Å². The Morgan fingerprint density at radius 3 is 1.23 bits per heavy atom. The number of likely N-dealkylation sites (tertiary alicyclic amines) is 2. The molecule has 2 N–H and O–H groups in total. The molecular formula is C55H91BCl2IKN4O6. The first kappa shape index (κ1) is 75.1. The van der Waals surface area contributed by atoms with Gasteiger partial charge in [0.15, 0.2) is 0 Å². The van der Waals surface area contributed by atoms with E-state index in [9.17, 15) is 9.59 Å². The maximum absolute atomic E-state index is 11.3. The topological polar surface area (TPSA) is 102 Å². The van der Waals surface area contributed by atoms with Gasteiger partial charge in [-0.25, -0.2) is 0 Å². The van der Waals surface area contributed by atoms with Crippen molar-refractivity contribution in [1.82, 2.24) is 20.4 Å². The van der Waals surface area contributed by atoms with E-state index in [4.69, 9.17) is 18.8 Å². The van der Waals surface area contributed by atoms with Crippen LogP contribution in [0.5, 0.6) is 0 Å². The summed E-state index contributed by atoms with van der Waals surface area (Å²) >= 11 is 2.26. The molecular weight excluding hydrogens is 1060 g/mol. The second kappa shape index (κ2) is 39.1. The molecule has 3 heterocycles. The second-order valence-corrected chi connectivity index (χ2v) is 18.4. The van der Waals surface area contributed by atoms with Crippen LogP contribution in [-0.4, -0.2) is 92.5 Å². The number of halogens is 3. The summed E-state index contributed by atoms with van der Waals surface area (Å²) in [6.45, 7) is 21.8. The molecule has 392 valence electrons. The third-order valence-electron chi connectivity index (χ3n) is 11.7. The Morgan fingerprint density at radius 2 is 0.886 bits per heavy atom. The van der Waals surface area contributed by atoms with Crippen LogP contribution >= 0.6 is 47.4 Å². The quantitative estimate of drug-likeness (QED) is 0.0642. The number of nitrogens with one attached hydrogen (secondary N) is 2. The zero-order valence-electron chi connectivity index (χ0n) is 40.7. The van der Waals surface area contributed by atoms with Crippen LogP contribution in [-0.2, 0) is 54.6 Å². The fraction of sp³-hybridized carbons (Fsp3) is 0.527. The van der Waals surface area contributed by atoms with Gasteiger partial charge in [-0.3, -0.25) is 19.4 Å². The fourth-order valence-electron chi connectivity index (χ4n) is 7.42. The molecule has 4 aromatic rings. The van der Waals surface area contributed by atoms with E-state index in [1.165, 1.54) is 83.2 Å². The van der Waals surface area contributed by atoms with Gasteiger partial charge in [0.05, 0.1) is 37.5 Å². The van der Waals surface area contributed by atoms with E-state index in [-0.39, 0.29) is 158 Å². The van der Waals surface area contributed by atoms with Crippen molar-refractivity contribution < 1.29 is 81.2 Å². The molecule has 0 atom stereocenters. The summed E-state index contributed by atoms with van der Waals surface area (Å²) in [6, 6.07) is 34.2. The Bertz CT molecular complexity index is 1950. The van der Waals surface area contributed by atoms with E-state index < -0.39 is 0 Å². The molecule has 0 radical (unpaired) electrons. The molecule has 0 unspecified atom stereocenters. The van der Waals surface area contributed by atoms with E-state index >= 15 is 0 Å². The molecule has 15 heteroatoms. The number of hydrogen-bond acceptors (Lipinski definition) is 10. The minimum atomic E-state index is -0.272. The Kier molecular flexibility index (Phi) is 41.9. The molecule has 0 amide bonds. The van der Waals surface area contributed by atoms with Crippen molar-refractivity contribution in [3.8, 4) is 11.1 Å². The van der Waals surface area contributed by atoms with Gasteiger partial charge in [-0.1, -0.05) is 122 Å². The second-order valence-electron chi connectivity index (χ2n) is 17.1. The van der Waals surface area contributed by atoms with Gasteiger partial charge in [-0.05, 0) is 167 Å². The molecule has 3 aliphatic rings. The third-order valence-corrected chi connectivity index (χ3v) is 12.4. The smallest absolute Gasteiger partial charge is 1.00 e. The van der Waals surface area contributed by atoms with Gasteiger partial charge >= 0.3 is 70.4 Å². The Morgan fingerprint density at radius 1 is 0.571 bits per heavy atom. The first-order valence-corrected chi connectivity index (χ1v) is 23.5.